The Kier molecular flexibility index (Phi) is 4.29. The predicted molar refractivity (Wildman–Crippen MR) is 85.0 cm³/mol. The van der Waals surface area contributed by atoms with Gasteiger partial charge in [-0.05, 0) is 49.9 Å². The first-order valence-electron chi connectivity index (χ1n) is 8.32. The molecular weight excluding hydrogens is 260 g/mol. The van der Waals surface area contributed by atoms with Crippen molar-refractivity contribution in [3.05, 3.63) is 35.4 Å². The smallest absolute Gasteiger partial charge is 0.229 e. The van der Waals surface area contributed by atoms with Crippen molar-refractivity contribution in [2.75, 3.05) is 19.6 Å². The highest BCUT2D eigenvalue weighted by Crippen LogP contribution is 2.37. The molecule has 0 spiro atoms. The minimum Gasteiger partial charge on any atom is -0.338 e. The fourth-order valence-corrected chi connectivity index (χ4v) is 3.96. The first-order valence-corrected chi connectivity index (χ1v) is 8.32. The molecule has 2 aliphatic rings. The molecule has 1 aromatic rings. The quantitative estimate of drug-likeness (QED) is 0.926. The van der Waals surface area contributed by atoms with Crippen molar-refractivity contribution in [3.63, 3.8) is 0 Å². The molecule has 1 amide bonds. The van der Waals surface area contributed by atoms with Gasteiger partial charge >= 0.3 is 0 Å². The van der Waals surface area contributed by atoms with E-state index in [0.717, 1.165) is 58.3 Å². The maximum Gasteiger partial charge on any atom is 0.229 e. The number of rotatable bonds is 3. The predicted octanol–water partition coefficient (Wildman–Crippen LogP) is 2.74. The number of fused-ring (bicyclic) bond motifs is 1. The van der Waals surface area contributed by atoms with Crippen molar-refractivity contribution in [1.29, 1.82) is 0 Å². The second-order valence-corrected chi connectivity index (χ2v) is 6.53. The van der Waals surface area contributed by atoms with Crippen LogP contribution >= 0.6 is 0 Å². The standard InChI is InChI=1S/C18H26N2O/c1-2-8-18(9-11-19-12-10-18)17(21)20-13-7-15-5-3-4-6-16(15)14-20/h3-6,19H,2,7-14H2,1H3. The highest BCUT2D eigenvalue weighted by molar-refractivity contribution is 5.83. The number of carbonyl (C=O) groups excluding carboxylic acids is 1. The van der Waals surface area contributed by atoms with Crippen LogP contribution in [-0.4, -0.2) is 30.4 Å². The third-order valence-corrected chi connectivity index (χ3v) is 5.16. The number of nitrogens with one attached hydrogen (secondary N) is 1. The summed E-state index contributed by atoms with van der Waals surface area (Å²) < 4.78 is 0. The zero-order valence-corrected chi connectivity index (χ0v) is 13.0. The van der Waals surface area contributed by atoms with Crippen molar-refractivity contribution >= 4 is 5.91 Å². The summed E-state index contributed by atoms with van der Waals surface area (Å²) in [5.74, 6) is 0.403. The molecule has 1 fully saturated rings. The summed E-state index contributed by atoms with van der Waals surface area (Å²) >= 11 is 0. The Morgan fingerprint density at radius 2 is 1.95 bits per heavy atom. The van der Waals surface area contributed by atoms with E-state index < -0.39 is 0 Å². The number of carbonyl (C=O) groups is 1. The van der Waals surface area contributed by atoms with Gasteiger partial charge in [0.05, 0.1) is 5.41 Å². The van der Waals surface area contributed by atoms with Crippen molar-refractivity contribution in [3.8, 4) is 0 Å². The Bertz CT molecular complexity index is 500. The maximum atomic E-state index is 13.2. The molecule has 2 heterocycles. The van der Waals surface area contributed by atoms with E-state index in [0.29, 0.717) is 5.91 Å². The Morgan fingerprint density at radius 1 is 1.24 bits per heavy atom. The van der Waals surface area contributed by atoms with E-state index in [-0.39, 0.29) is 5.41 Å². The fraction of sp³-hybridized carbons (Fsp3) is 0.611. The molecule has 0 aliphatic carbocycles. The van der Waals surface area contributed by atoms with Gasteiger partial charge in [-0.1, -0.05) is 37.6 Å². The Balaban J connectivity index is 1.78. The van der Waals surface area contributed by atoms with E-state index in [4.69, 9.17) is 0 Å². The molecule has 0 aromatic heterocycles. The summed E-state index contributed by atoms with van der Waals surface area (Å²) in [6.07, 6.45) is 5.12. The molecular formula is C18H26N2O. The topological polar surface area (TPSA) is 32.3 Å². The minimum absolute atomic E-state index is 0.105. The fourth-order valence-electron chi connectivity index (χ4n) is 3.96. The van der Waals surface area contributed by atoms with Gasteiger partial charge in [0.25, 0.3) is 0 Å². The first kappa shape index (κ1) is 14.6. The number of amides is 1. The summed E-state index contributed by atoms with van der Waals surface area (Å²) in [4.78, 5) is 15.3. The van der Waals surface area contributed by atoms with E-state index in [1.54, 1.807) is 0 Å². The van der Waals surface area contributed by atoms with Crippen molar-refractivity contribution in [2.45, 2.75) is 45.6 Å². The normalized spacial score (nSPS) is 20.9. The average Bonchev–Trinajstić information content (AvgIpc) is 2.55. The van der Waals surface area contributed by atoms with Crippen LogP contribution in [0.2, 0.25) is 0 Å². The summed E-state index contributed by atoms with van der Waals surface area (Å²) in [5, 5.41) is 3.40. The molecule has 0 unspecified atom stereocenters. The van der Waals surface area contributed by atoms with Gasteiger partial charge in [0.2, 0.25) is 5.91 Å². The summed E-state index contributed by atoms with van der Waals surface area (Å²) in [6, 6.07) is 8.55. The van der Waals surface area contributed by atoms with E-state index in [9.17, 15) is 4.79 Å². The van der Waals surface area contributed by atoms with Gasteiger partial charge < -0.3 is 10.2 Å². The lowest BCUT2D eigenvalue weighted by Crippen LogP contribution is -2.50. The van der Waals surface area contributed by atoms with E-state index in [2.05, 4.69) is 41.4 Å². The van der Waals surface area contributed by atoms with Crippen LogP contribution in [-0.2, 0) is 17.8 Å². The third-order valence-electron chi connectivity index (χ3n) is 5.16. The van der Waals surface area contributed by atoms with Crippen LogP contribution in [0.4, 0.5) is 0 Å². The van der Waals surface area contributed by atoms with Gasteiger partial charge in [-0.2, -0.15) is 0 Å². The van der Waals surface area contributed by atoms with E-state index in [1.807, 2.05) is 0 Å². The number of benzene rings is 1. The number of piperidine rings is 1. The van der Waals surface area contributed by atoms with Crippen LogP contribution in [0.5, 0.6) is 0 Å². The Hall–Kier alpha value is -1.35. The number of hydrogen-bond donors (Lipinski definition) is 1. The monoisotopic (exact) mass is 286 g/mol. The van der Waals surface area contributed by atoms with Gasteiger partial charge in [0, 0.05) is 13.1 Å². The summed E-state index contributed by atoms with van der Waals surface area (Å²) in [7, 11) is 0. The number of hydrogen-bond acceptors (Lipinski definition) is 2. The molecule has 1 N–H and O–H groups in total. The molecule has 0 bridgehead atoms. The maximum absolute atomic E-state index is 13.2. The molecule has 3 heteroatoms. The summed E-state index contributed by atoms with van der Waals surface area (Å²) in [6.45, 7) is 5.84. The van der Waals surface area contributed by atoms with Crippen LogP contribution < -0.4 is 5.32 Å². The highest BCUT2D eigenvalue weighted by atomic mass is 16.2. The van der Waals surface area contributed by atoms with Crippen molar-refractivity contribution in [1.82, 2.24) is 10.2 Å². The third kappa shape index (κ3) is 2.84. The lowest BCUT2D eigenvalue weighted by atomic mass is 9.74. The Labute approximate surface area is 127 Å². The molecule has 21 heavy (non-hydrogen) atoms. The average molecular weight is 286 g/mol. The largest absolute Gasteiger partial charge is 0.338 e. The van der Waals surface area contributed by atoms with Crippen molar-refractivity contribution < 1.29 is 4.79 Å². The lowest BCUT2D eigenvalue weighted by molar-refractivity contribution is -0.145. The van der Waals surface area contributed by atoms with Gasteiger partial charge in [0.1, 0.15) is 0 Å². The zero-order valence-electron chi connectivity index (χ0n) is 13.0. The Morgan fingerprint density at radius 3 is 2.67 bits per heavy atom. The van der Waals surface area contributed by atoms with Crippen LogP contribution in [0.25, 0.3) is 0 Å². The van der Waals surface area contributed by atoms with Crippen LogP contribution in [0, 0.1) is 5.41 Å². The second-order valence-electron chi connectivity index (χ2n) is 6.53. The lowest BCUT2D eigenvalue weighted by Gasteiger charge is -2.41. The molecule has 0 atom stereocenters. The molecule has 0 saturated carbocycles. The number of nitrogens with zero attached hydrogens (tertiary/aromatic N) is 1. The van der Waals surface area contributed by atoms with Gasteiger partial charge in [0.15, 0.2) is 0 Å². The molecule has 114 valence electrons. The van der Waals surface area contributed by atoms with Crippen LogP contribution in [0.3, 0.4) is 0 Å². The first-order chi connectivity index (χ1) is 10.2. The van der Waals surface area contributed by atoms with E-state index in [1.165, 1.54) is 11.1 Å². The second kappa shape index (κ2) is 6.18. The van der Waals surface area contributed by atoms with Gasteiger partial charge in [-0.3, -0.25) is 4.79 Å². The molecule has 1 aromatic carbocycles. The molecule has 2 aliphatic heterocycles. The zero-order chi connectivity index (χ0) is 14.7. The molecule has 1 saturated heterocycles. The SMILES string of the molecule is CCCC1(C(=O)N2CCc3ccccc3C2)CCNCC1. The van der Waals surface area contributed by atoms with Gasteiger partial charge in [-0.15, -0.1) is 0 Å². The summed E-state index contributed by atoms with van der Waals surface area (Å²) in [5.41, 5.74) is 2.64. The molecule has 0 radical (unpaired) electrons. The van der Waals surface area contributed by atoms with Gasteiger partial charge in [-0.25, -0.2) is 0 Å². The molecule has 3 rings (SSSR count). The molecule has 3 nitrogen and oxygen atoms in total. The van der Waals surface area contributed by atoms with E-state index >= 15 is 0 Å². The van der Waals surface area contributed by atoms with Crippen molar-refractivity contribution in [2.24, 2.45) is 5.41 Å². The van der Waals surface area contributed by atoms with Crippen LogP contribution in [0.15, 0.2) is 24.3 Å². The minimum atomic E-state index is -0.105. The highest BCUT2D eigenvalue weighted by Gasteiger charge is 2.41. The van der Waals surface area contributed by atoms with Crippen LogP contribution in [0.1, 0.15) is 43.7 Å².